The van der Waals surface area contributed by atoms with Crippen LogP contribution in [-0.2, 0) is 6.42 Å². The van der Waals surface area contributed by atoms with E-state index in [2.05, 4.69) is 50.7 Å². The molecule has 0 aromatic carbocycles. The summed E-state index contributed by atoms with van der Waals surface area (Å²) < 4.78 is 6.53. The molecule has 2 rings (SSSR count). The molecular formula is C14H17BrN2OS. The number of methoxy groups -OCH3 is 1. The van der Waals surface area contributed by atoms with Crippen LogP contribution in [-0.4, -0.2) is 18.6 Å². The van der Waals surface area contributed by atoms with Crippen LogP contribution < -0.4 is 10.1 Å². The van der Waals surface area contributed by atoms with E-state index in [9.17, 15) is 0 Å². The van der Waals surface area contributed by atoms with Crippen molar-refractivity contribution in [3.05, 3.63) is 44.7 Å². The Bertz CT molecular complexity index is 530. The third-order valence-electron chi connectivity index (χ3n) is 2.90. The molecule has 0 radical (unpaired) electrons. The minimum Gasteiger partial charge on any atom is -0.481 e. The summed E-state index contributed by atoms with van der Waals surface area (Å²) in [4.78, 5) is 5.61. The van der Waals surface area contributed by atoms with Gasteiger partial charge in [0.1, 0.15) is 0 Å². The van der Waals surface area contributed by atoms with Gasteiger partial charge in [0.05, 0.1) is 7.11 Å². The van der Waals surface area contributed by atoms with Crippen molar-refractivity contribution < 1.29 is 4.74 Å². The third-order valence-corrected chi connectivity index (χ3v) is 4.85. The van der Waals surface area contributed by atoms with Gasteiger partial charge in [-0.15, -0.1) is 11.3 Å². The van der Waals surface area contributed by atoms with E-state index in [-0.39, 0.29) is 6.04 Å². The van der Waals surface area contributed by atoms with Crippen LogP contribution in [0.2, 0.25) is 0 Å². The van der Waals surface area contributed by atoms with Gasteiger partial charge in [0, 0.05) is 33.6 Å². The molecule has 5 heteroatoms. The second-order valence-corrected chi connectivity index (χ2v) is 5.96. The molecule has 0 aliphatic rings. The van der Waals surface area contributed by atoms with Crippen LogP contribution in [0.5, 0.6) is 5.88 Å². The molecule has 3 nitrogen and oxygen atoms in total. The Morgan fingerprint density at radius 2 is 2.32 bits per heavy atom. The van der Waals surface area contributed by atoms with Gasteiger partial charge < -0.3 is 10.1 Å². The first kappa shape index (κ1) is 14.5. The van der Waals surface area contributed by atoms with Crippen LogP contribution in [0.15, 0.2) is 34.2 Å². The van der Waals surface area contributed by atoms with Crippen LogP contribution in [0, 0.1) is 0 Å². The topological polar surface area (TPSA) is 34.2 Å². The molecule has 2 aromatic rings. The quantitative estimate of drug-likeness (QED) is 0.868. The lowest BCUT2D eigenvalue weighted by Crippen LogP contribution is -2.23. The summed E-state index contributed by atoms with van der Waals surface area (Å²) in [6, 6.07) is 6.32. The summed E-state index contributed by atoms with van der Waals surface area (Å²) in [5.74, 6) is 0.695. The largest absolute Gasteiger partial charge is 0.481 e. The highest BCUT2D eigenvalue weighted by atomic mass is 79.9. The summed E-state index contributed by atoms with van der Waals surface area (Å²) in [6.07, 6.45) is 2.68. The number of aromatic nitrogens is 1. The fraction of sp³-hybridized carbons (Fsp3) is 0.357. The van der Waals surface area contributed by atoms with Crippen LogP contribution in [0.25, 0.3) is 0 Å². The van der Waals surface area contributed by atoms with Crippen molar-refractivity contribution in [1.82, 2.24) is 10.3 Å². The Labute approximate surface area is 126 Å². The number of rotatable bonds is 6. The smallest absolute Gasteiger partial charge is 0.217 e. The highest BCUT2D eigenvalue weighted by Gasteiger charge is 2.18. The lowest BCUT2D eigenvalue weighted by Gasteiger charge is -2.19. The lowest BCUT2D eigenvalue weighted by atomic mass is 10.0. The average molecular weight is 341 g/mol. The maximum atomic E-state index is 5.36. The van der Waals surface area contributed by atoms with Crippen molar-refractivity contribution in [3.8, 4) is 5.88 Å². The SMILES string of the molecule is CCNC(Cc1sccc1Br)c1cccnc1OC. The van der Waals surface area contributed by atoms with Crippen LogP contribution in [0.4, 0.5) is 0 Å². The van der Waals surface area contributed by atoms with Gasteiger partial charge in [-0.05, 0) is 40.0 Å². The van der Waals surface area contributed by atoms with Gasteiger partial charge in [0.25, 0.3) is 0 Å². The monoisotopic (exact) mass is 340 g/mol. The normalized spacial score (nSPS) is 12.4. The number of likely N-dealkylation sites (N-methyl/N-ethyl adjacent to an activating group) is 1. The zero-order chi connectivity index (χ0) is 13.7. The van der Waals surface area contributed by atoms with E-state index >= 15 is 0 Å². The number of thiophene rings is 1. The number of halogens is 1. The third kappa shape index (κ3) is 3.55. The molecule has 0 saturated heterocycles. The van der Waals surface area contributed by atoms with Crippen LogP contribution >= 0.6 is 27.3 Å². The molecule has 0 bridgehead atoms. The van der Waals surface area contributed by atoms with E-state index in [0.717, 1.165) is 18.5 Å². The average Bonchev–Trinajstić information content (AvgIpc) is 2.84. The van der Waals surface area contributed by atoms with Crippen LogP contribution in [0.3, 0.4) is 0 Å². The molecule has 0 aliphatic heterocycles. The van der Waals surface area contributed by atoms with Crippen molar-refractivity contribution in [3.63, 3.8) is 0 Å². The Morgan fingerprint density at radius 1 is 1.47 bits per heavy atom. The van der Waals surface area contributed by atoms with Gasteiger partial charge in [-0.2, -0.15) is 0 Å². The highest BCUT2D eigenvalue weighted by molar-refractivity contribution is 9.10. The molecule has 2 heterocycles. The Morgan fingerprint density at radius 3 is 2.95 bits per heavy atom. The van der Waals surface area contributed by atoms with Crippen molar-refractivity contribution in [1.29, 1.82) is 0 Å². The van der Waals surface area contributed by atoms with E-state index in [1.807, 2.05) is 6.07 Å². The summed E-state index contributed by atoms with van der Waals surface area (Å²) in [7, 11) is 1.66. The Kier molecular flexibility index (Phi) is 5.36. The molecule has 1 N–H and O–H groups in total. The van der Waals surface area contributed by atoms with Crippen LogP contribution in [0.1, 0.15) is 23.4 Å². The van der Waals surface area contributed by atoms with Gasteiger partial charge >= 0.3 is 0 Å². The minimum atomic E-state index is 0.212. The van der Waals surface area contributed by atoms with E-state index in [0.29, 0.717) is 5.88 Å². The molecule has 0 saturated carbocycles. The van der Waals surface area contributed by atoms with Gasteiger partial charge in [0.2, 0.25) is 5.88 Å². The molecule has 102 valence electrons. The predicted molar refractivity (Wildman–Crippen MR) is 82.9 cm³/mol. The lowest BCUT2D eigenvalue weighted by molar-refractivity contribution is 0.382. The molecule has 19 heavy (non-hydrogen) atoms. The van der Waals surface area contributed by atoms with E-state index in [1.54, 1.807) is 24.6 Å². The number of ether oxygens (including phenoxy) is 1. The second-order valence-electron chi connectivity index (χ2n) is 4.11. The van der Waals surface area contributed by atoms with Crippen molar-refractivity contribution >= 4 is 27.3 Å². The number of nitrogens with one attached hydrogen (secondary N) is 1. The molecule has 0 spiro atoms. The summed E-state index contributed by atoms with van der Waals surface area (Å²) in [5, 5.41) is 5.61. The van der Waals surface area contributed by atoms with E-state index in [1.165, 1.54) is 9.35 Å². The van der Waals surface area contributed by atoms with Crippen molar-refractivity contribution in [2.75, 3.05) is 13.7 Å². The summed E-state index contributed by atoms with van der Waals surface area (Å²) in [5.41, 5.74) is 1.10. The molecule has 0 aliphatic carbocycles. The summed E-state index contributed by atoms with van der Waals surface area (Å²) in [6.45, 7) is 3.02. The minimum absolute atomic E-state index is 0.212. The first-order chi connectivity index (χ1) is 9.26. The predicted octanol–water partition coefficient (Wildman–Crippen LogP) is 3.81. The highest BCUT2D eigenvalue weighted by Crippen LogP contribution is 2.30. The fourth-order valence-corrected chi connectivity index (χ4v) is 3.59. The Balaban J connectivity index is 2.27. The van der Waals surface area contributed by atoms with E-state index in [4.69, 9.17) is 4.74 Å². The Hall–Kier alpha value is -0.910. The number of pyridine rings is 1. The standard InChI is InChI=1S/C14H17BrN2OS/c1-3-16-12(9-13-11(15)6-8-19-13)10-5-4-7-17-14(10)18-2/h4-8,12,16H,3,9H2,1-2H3. The molecular weight excluding hydrogens is 324 g/mol. The number of hydrogen-bond donors (Lipinski definition) is 1. The molecule has 0 amide bonds. The fourth-order valence-electron chi connectivity index (χ4n) is 2.03. The second kappa shape index (κ2) is 7.03. The zero-order valence-electron chi connectivity index (χ0n) is 11.0. The van der Waals surface area contributed by atoms with Crippen molar-refractivity contribution in [2.24, 2.45) is 0 Å². The van der Waals surface area contributed by atoms with E-state index < -0.39 is 0 Å². The van der Waals surface area contributed by atoms with Gasteiger partial charge in [-0.1, -0.05) is 13.0 Å². The first-order valence-corrected chi connectivity index (χ1v) is 7.87. The molecule has 0 fully saturated rings. The van der Waals surface area contributed by atoms with Crippen molar-refractivity contribution in [2.45, 2.75) is 19.4 Å². The maximum absolute atomic E-state index is 5.36. The molecule has 2 aromatic heterocycles. The number of hydrogen-bond acceptors (Lipinski definition) is 4. The first-order valence-electron chi connectivity index (χ1n) is 6.20. The zero-order valence-corrected chi connectivity index (χ0v) is 13.4. The van der Waals surface area contributed by atoms with Gasteiger partial charge in [-0.3, -0.25) is 0 Å². The maximum Gasteiger partial charge on any atom is 0.217 e. The van der Waals surface area contributed by atoms with Gasteiger partial charge in [-0.25, -0.2) is 4.98 Å². The number of nitrogens with zero attached hydrogens (tertiary/aromatic N) is 1. The van der Waals surface area contributed by atoms with Gasteiger partial charge in [0.15, 0.2) is 0 Å². The molecule has 1 unspecified atom stereocenters. The summed E-state index contributed by atoms with van der Waals surface area (Å²) >= 11 is 5.35. The molecule has 1 atom stereocenters.